The summed E-state index contributed by atoms with van der Waals surface area (Å²) in [5, 5.41) is 20.2. The van der Waals surface area contributed by atoms with E-state index in [2.05, 4.69) is 15.4 Å². The van der Waals surface area contributed by atoms with E-state index in [1.165, 1.54) is 12.3 Å². The average Bonchev–Trinajstić information content (AvgIpc) is 2.86. The third kappa shape index (κ3) is 2.73. The van der Waals surface area contributed by atoms with Crippen LogP contribution in [-0.2, 0) is 7.05 Å². The molecule has 3 aromatic rings. The molecule has 0 bridgehead atoms. The molecule has 0 aliphatic rings. The van der Waals surface area contributed by atoms with Gasteiger partial charge in [0, 0.05) is 48.3 Å². The van der Waals surface area contributed by atoms with E-state index in [0.717, 1.165) is 22.3 Å². The molecule has 2 heterocycles. The van der Waals surface area contributed by atoms with Gasteiger partial charge in [0.2, 0.25) is 0 Å². The molecule has 0 amide bonds. The van der Waals surface area contributed by atoms with Gasteiger partial charge in [-0.1, -0.05) is 0 Å². The molecule has 1 N–H and O–H groups in total. The lowest BCUT2D eigenvalue weighted by atomic mass is 10.1. The van der Waals surface area contributed by atoms with Crippen molar-refractivity contribution in [1.29, 1.82) is 0 Å². The third-order valence-electron chi connectivity index (χ3n) is 3.88. The van der Waals surface area contributed by atoms with Crippen LogP contribution in [0.15, 0.2) is 36.8 Å². The second-order valence-corrected chi connectivity index (χ2v) is 5.52. The Labute approximate surface area is 133 Å². The first-order valence-corrected chi connectivity index (χ1v) is 7.25. The molecule has 7 heteroatoms. The smallest absolute Gasteiger partial charge is 0.278 e. The van der Waals surface area contributed by atoms with Gasteiger partial charge >= 0.3 is 0 Å². The van der Waals surface area contributed by atoms with Gasteiger partial charge < -0.3 is 5.32 Å². The van der Waals surface area contributed by atoms with Crippen molar-refractivity contribution in [2.24, 2.45) is 7.05 Å². The zero-order chi connectivity index (χ0) is 16.6. The number of pyridine rings is 1. The van der Waals surface area contributed by atoms with Crippen molar-refractivity contribution in [2.45, 2.75) is 19.9 Å². The molecule has 0 aliphatic heterocycles. The minimum atomic E-state index is -0.386. The van der Waals surface area contributed by atoms with Crippen LogP contribution in [0.1, 0.15) is 24.2 Å². The summed E-state index contributed by atoms with van der Waals surface area (Å²) in [4.78, 5) is 14.8. The van der Waals surface area contributed by atoms with Crippen LogP contribution >= 0.6 is 0 Å². The first-order valence-electron chi connectivity index (χ1n) is 7.25. The van der Waals surface area contributed by atoms with Crippen LogP contribution in [0.2, 0.25) is 0 Å². The standard InChI is InChI=1S/C16H17N5O2/c1-10(14-9-20(3)19-11(14)2)18-15-4-5-16(21(22)23)13-8-17-7-6-12(13)15/h4-10,18H,1-3H3/t10-/m1/s1. The van der Waals surface area contributed by atoms with E-state index in [4.69, 9.17) is 0 Å². The van der Waals surface area contributed by atoms with Gasteiger partial charge in [-0.2, -0.15) is 5.10 Å². The van der Waals surface area contributed by atoms with Crippen LogP contribution in [0.5, 0.6) is 0 Å². The van der Waals surface area contributed by atoms with E-state index in [1.54, 1.807) is 23.0 Å². The molecule has 1 atom stereocenters. The molecule has 0 radical (unpaired) electrons. The lowest BCUT2D eigenvalue weighted by molar-refractivity contribution is -0.383. The maximum absolute atomic E-state index is 11.2. The number of nitro benzene ring substituents is 1. The Morgan fingerprint density at radius 2 is 2.09 bits per heavy atom. The van der Waals surface area contributed by atoms with Gasteiger partial charge in [0.1, 0.15) is 0 Å². The highest BCUT2D eigenvalue weighted by Crippen LogP contribution is 2.32. The topological polar surface area (TPSA) is 85.9 Å². The van der Waals surface area contributed by atoms with Gasteiger partial charge in [0.05, 0.1) is 22.0 Å². The summed E-state index contributed by atoms with van der Waals surface area (Å²) in [5.74, 6) is 0. The van der Waals surface area contributed by atoms with Crippen LogP contribution in [0.3, 0.4) is 0 Å². The van der Waals surface area contributed by atoms with Crippen molar-refractivity contribution in [3.05, 3.63) is 58.2 Å². The summed E-state index contributed by atoms with van der Waals surface area (Å²) in [7, 11) is 1.89. The fourth-order valence-corrected chi connectivity index (χ4v) is 2.81. The molecule has 118 valence electrons. The van der Waals surface area contributed by atoms with E-state index >= 15 is 0 Å². The molecule has 0 saturated carbocycles. The van der Waals surface area contributed by atoms with Crippen LogP contribution in [0.25, 0.3) is 10.8 Å². The maximum Gasteiger partial charge on any atom is 0.278 e. The van der Waals surface area contributed by atoms with Gasteiger partial charge in [0.25, 0.3) is 5.69 Å². The van der Waals surface area contributed by atoms with Gasteiger partial charge in [-0.3, -0.25) is 19.8 Å². The van der Waals surface area contributed by atoms with Gasteiger partial charge in [-0.25, -0.2) is 0 Å². The summed E-state index contributed by atoms with van der Waals surface area (Å²) >= 11 is 0. The fourth-order valence-electron chi connectivity index (χ4n) is 2.81. The molecule has 7 nitrogen and oxygen atoms in total. The Morgan fingerprint density at radius 1 is 1.30 bits per heavy atom. The Hall–Kier alpha value is -2.96. The number of fused-ring (bicyclic) bond motifs is 1. The van der Waals surface area contributed by atoms with Crippen molar-refractivity contribution >= 4 is 22.1 Å². The van der Waals surface area contributed by atoms with Crippen molar-refractivity contribution in [3.63, 3.8) is 0 Å². The number of aromatic nitrogens is 3. The minimum absolute atomic E-state index is 0.0292. The van der Waals surface area contributed by atoms with E-state index in [-0.39, 0.29) is 16.7 Å². The number of nitrogens with one attached hydrogen (secondary N) is 1. The van der Waals surface area contributed by atoms with Gasteiger partial charge in [-0.15, -0.1) is 0 Å². The van der Waals surface area contributed by atoms with Crippen LogP contribution < -0.4 is 5.32 Å². The Bertz CT molecular complexity index is 887. The quantitative estimate of drug-likeness (QED) is 0.590. The molecular weight excluding hydrogens is 294 g/mol. The third-order valence-corrected chi connectivity index (χ3v) is 3.88. The molecule has 3 rings (SSSR count). The normalized spacial score (nSPS) is 12.3. The lowest BCUT2D eigenvalue weighted by Crippen LogP contribution is -2.08. The molecule has 2 aromatic heterocycles. The first-order chi connectivity index (χ1) is 11.0. The molecule has 1 aromatic carbocycles. The monoisotopic (exact) mass is 311 g/mol. The van der Waals surface area contributed by atoms with Gasteiger partial charge in [-0.05, 0) is 26.0 Å². The number of hydrogen-bond donors (Lipinski definition) is 1. The predicted molar refractivity (Wildman–Crippen MR) is 88.4 cm³/mol. The first kappa shape index (κ1) is 15.0. The number of aryl methyl sites for hydroxylation is 2. The SMILES string of the molecule is Cc1nn(C)cc1[C@@H](C)Nc1ccc([N+](=O)[O-])c2cnccc12. The predicted octanol–water partition coefficient (Wildman–Crippen LogP) is 3.36. The summed E-state index contributed by atoms with van der Waals surface area (Å²) in [6.45, 7) is 4.00. The fraction of sp³-hybridized carbons (Fsp3) is 0.250. The number of non-ortho nitro benzene ring substituents is 1. The minimum Gasteiger partial charge on any atom is -0.378 e. The zero-order valence-electron chi connectivity index (χ0n) is 13.1. The molecule has 0 fully saturated rings. The summed E-state index contributed by atoms with van der Waals surface area (Å²) < 4.78 is 1.78. The highest BCUT2D eigenvalue weighted by Gasteiger charge is 2.17. The zero-order valence-corrected chi connectivity index (χ0v) is 13.1. The van der Waals surface area contributed by atoms with E-state index in [0.29, 0.717) is 5.39 Å². The van der Waals surface area contributed by atoms with Crippen molar-refractivity contribution in [3.8, 4) is 0 Å². The second-order valence-electron chi connectivity index (χ2n) is 5.52. The molecule has 0 saturated heterocycles. The molecule has 23 heavy (non-hydrogen) atoms. The highest BCUT2D eigenvalue weighted by atomic mass is 16.6. The highest BCUT2D eigenvalue weighted by molar-refractivity contribution is 5.99. The number of hydrogen-bond acceptors (Lipinski definition) is 5. The number of nitro groups is 1. The molecule has 0 unspecified atom stereocenters. The summed E-state index contributed by atoms with van der Waals surface area (Å²) in [5.41, 5.74) is 2.95. The molecule has 0 spiro atoms. The molecular formula is C16H17N5O2. The van der Waals surface area contributed by atoms with Crippen molar-refractivity contribution in [2.75, 3.05) is 5.32 Å². The Kier molecular flexibility index (Phi) is 3.69. The van der Waals surface area contributed by atoms with Gasteiger partial charge in [0.15, 0.2) is 0 Å². The van der Waals surface area contributed by atoms with Crippen LogP contribution in [0, 0.1) is 17.0 Å². The summed E-state index contributed by atoms with van der Waals surface area (Å²) in [6, 6.07) is 5.06. The van der Waals surface area contributed by atoms with Crippen molar-refractivity contribution in [1.82, 2.24) is 14.8 Å². The number of rotatable bonds is 4. The lowest BCUT2D eigenvalue weighted by Gasteiger charge is -2.16. The number of anilines is 1. The van der Waals surface area contributed by atoms with E-state index in [1.807, 2.05) is 27.1 Å². The average molecular weight is 311 g/mol. The summed E-state index contributed by atoms with van der Waals surface area (Å²) in [6.07, 6.45) is 5.14. The maximum atomic E-state index is 11.2. The largest absolute Gasteiger partial charge is 0.378 e. The number of benzene rings is 1. The molecule has 0 aliphatic carbocycles. The number of nitrogens with zero attached hydrogens (tertiary/aromatic N) is 4. The Morgan fingerprint density at radius 3 is 2.74 bits per heavy atom. The Balaban J connectivity index is 2.02. The second kappa shape index (κ2) is 5.68. The van der Waals surface area contributed by atoms with E-state index < -0.39 is 0 Å². The van der Waals surface area contributed by atoms with Crippen LogP contribution in [-0.4, -0.2) is 19.7 Å². The van der Waals surface area contributed by atoms with Crippen LogP contribution in [0.4, 0.5) is 11.4 Å². The van der Waals surface area contributed by atoms with Crippen molar-refractivity contribution < 1.29 is 4.92 Å². The van der Waals surface area contributed by atoms with E-state index in [9.17, 15) is 10.1 Å².